The molecule has 0 bridgehead atoms. The van der Waals surface area contributed by atoms with Crippen molar-refractivity contribution in [3.05, 3.63) is 0 Å². The second-order valence-corrected chi connectivity index (χ2v) is 3.03. The zero-order chi connectivity index (χ0) is 7.49. The number of nitrogens with two attached hydrogens (primary N) is 1. The van der Waals surface area contributed by atoms with Gasteiger partial charge < -0.3 is 0 Å². The molecule has 0 saturated heterocycles. The Labute approximate surface area is 57.3 Å². The van der Waals surface area contributed by atoms with Gasteiger partial charge >= 0.3 is 0 Å². The molecule has 2 nitrogen and oxygen atoms in total. The molecule has 0 radical (unpaired) electrons. The molecule has 0 aliphatic heterocycles. The summed E-state index contributed by atoms with van der Waals surface area (Å²) in [5, 5.41) is 0. The minimum absolute atomic E-state index is 0.172. The van der Waals surface area contributed by atoms with Gasteiger partial charge in [-0.1, -0.05) is 20.3 Å². The highest BCUT2D eigenvalue weighted by Crippen LogP contribution is 2.21. The van der Waals surface area contributed by atoms with Crippen molar-refractivity contribution >= 4 is 0 Å². The normalized spacial score (nSPS) is 15.7. The van der Waals surface area contributed by atoms with E-state index >= 15 is 0 Å². The molecule has 0 rings (SSSR count). The highest BCUT2D eigenvalue weighted by atomic mass is 16.6. The van der Waals surface area contributed by atoms with Crippen LogP contribution in [-0.2, 0) is 4.84 Å². The van der Waals surface area contributed by atoms with Crippen molar-refractivity contribution < 1.29 is 4.84 Å². The van der Waals surface area contributed by atoms with E-state index in [-0.39, 0.29) is 5.60 Å². The monoisotopic (exact) mass is 131 g/mol. The van der Waals surface area contributed by atoms with Gasteiger partial charge in [-0.15, -0.1) is 0 Å². The van der Waals surface area contributed by atoms with Crippen LogP contribution < -0.4 is 5.90 Å². The maximum absolute atomic E-state index is 5.08. The molecule has 1 atom stereocenters. The van der Waals surface area contributed by atoms with Crippen molar-refractivity contribution in [3.8, 4) is 0 Å². The van der Waals surface area contributed by atoms with E-state index in [0.717, 1.165) is 6.42 Å². The standard InChI is InChI=1S/C7H17NO/c1-5-6(2)7(3,4)9-8/h6H,5,8H2,1-4H3/t6-/m0/s1. The lowest BCUT2D eigenvalue weighted by molar-refractivity contribution is -0.0585. The summed E-state index contributed by atoms with van der Waals surface area (Å²) in [7, 11) is 0. The van der Waals surface area contributed by atoms with E-state index < -0.39 is 0 Å². The fourth-order valence-corrected chi connectivity index (χ4v) is 0.608. The lowest BCUT2D eigenvalue weighted by Gasteiger charge is -2.28. The maximum Gasteiger partial charge on any atom is 0.0863 e. The zero-order valence-electron chi connectivity index (χ0n) is 6.77. The first kappa shape index (κ1) is 8.92. The Bertz CT molecular complexity index is 81.0. The summed E-state index contributed by atoms with van der Waals surface area (Å²) >= 11 is 0. The van der Waals surface area contributed by atoms with Crippen LogP contribution >= 0.6 is 0 Å². The van der Waals surface area contributed by atoms with Crippen molar-refractivity contribution in [3.63, 3.8) is 0 Å². The second-order valence-electron chi connectivity index (χ2n) is 3.03. The van der Waals surface area contributed by atoms with Crippen LogP contribution in [0, 0.1) is 5.92 Å². The molecule has 0 aliphatic carbocycles. The fraction of sp³-hybridized carbons (Fsp3) is 1.00. The summed E-state index contributed by atoms with van der Waals surface area (Å²) in [5.41, 5.74) is -0.172. The van der Waals surface area contributed by atoms with Crippen LogP contribution in [0.4, 0.5) is 0 Å². The Morgan fingerprint density at radius 3 is 2.11 bits per heavy atom. The molecule has 0 heterocycles. The summed E-state index contributed by atoms with van der Waals surface area (Å²) < 4.78 is 0. The molecular formula is C7H17NO. The van der Waals surface area contributed by atoms with E-state index in [2.05, 4.69) is 13.8 Å². The third-order valence-corrected chi connectivity index (χ3v) is 2.10. The minimum atomic E-state index is -0.172. The molecule has 2 N–H and O–H groups in total. The molecule has 0 saturated carbocycles. The van der Waals surface area contributed by atoms with Gasteiger partial charge in [-0.2, -0.15) is 0 Å². The molecule has 0 spiro atoms. The van der Waals surface area contributed by atoms with Crippen molar-refractivity contribution in [2.24, 2.45) is 11.8 Å². The van der Waals surface area contributed by atoms with Gasteiger partial charge in [0.1, 0.15) is 0 Å². The molecule has 56 valence electrons. The SMILES string of the molecule is CC[C@H](C)C(C)(C)ON. The topological polar surface area (TPSA) is 35.2 Å². The first-order chi connectivity index (χ1) is 4.04. The zero-order valence-corrected chi connectivity index (χ0v) is 6.77. The van der Waals surface area contributed by atoms with E-state index in [0.29, 0.717) is 5.92 Å². The van der Waals surface area contributed by atoms with Crippen molar-refractivity contribution in [1.29, 1.82) is 0 Å². The average molecular weight is 131 g/mol. The second kappa shape index (κ2) is 3.18. The summed E-state index contributed by atoms with van der Waals surface area (Å²) in [4.78, 5) is 4.79. The van der Waals surface area contributed by atoms with Gasteiger partial charge in [-0.05, 0) is 19.8 Å². The molecule has 0 aromatic rings. The molecule has 0 fully saturated rings. The number of hydrogen-bond donors (Lipinski definition) is 1. The third-order valence-electron chi connectivity index (χ3n) is 2.10. The molecule has 0 aliphatic rings. The van der Waals surface area contributed by atoms with Crippen LogP contribution in [0.2, 0.25) is 0 Å². The predicted molar refractivity (Wildman–Crippen MR) is 38.8 cm³/mol. The summed E-state index contributed by atoms with van der Waals surface area (Å²) in [6.45, 7) is 8.26. The Balaban J connectivity index is 3.80. The van der Waals surface area contributed by atoms with Gasteiger partial charge in [-0.3, -0.25) is 4.84 Å². The maximum atomic E-state index is 5.08. The van der Waals surface area contributed by atoms with Crippen molar-refractivity contribution in [1.82, 2.24) is 0 Å². The van der Waals surface area contributed by atoms with Gasteiger partial charge in [0.2, 0.25) is 0 Å². The van der Waals surface area contributed by atoms with Crippen LogP contribution in [0.1, 0.15) is 34.1 Å². The Kier molecular flexibility index (Phi) is 3.15. The number of rotatable bonds is 3. The quantitative estimate of drug-likeness (QED) is 0.592. The van der Waals surface area contributed by atoms with E-state index in [1.54, 1.807) is 0 Å². The first-order valence-corrected chi connectivity index (χ1v) is 3.42. The third kappa shape index (κ3) is 2.33. The Hall–Kier alpha value is -0.0800. The van der Waals surface area contributed by atoms with Crippen LogP contribution in [-0.4, -0.2) is 5.60 Å². The molecule has 0 unspecified atom stereocenters. The lowest BCUT2D eigenvalue weighted by atomic mass is 9.91. The molecule has 0 aromatic carbocycles. The Morgan fingerprint density at radius 2 is 2.00 bits per heavy atom. The van der Waals surface area contributed by atoms with Crippen LogP contribution in [0.25, 0.3) is 0 Å². The van der Waals surface area contributed by atoms with Gasteiger partial charge in [0.25, 0.3) is 0 Å². The minimum Gasteiger partial charge on any atom is -0.298 e. The van der Waals surface area contributed by atoms with Gasteiger partial charge in [-0.25, -0.2) is 5.90 Å². The van der Waals surface area contributed by atoms with Crippen LogP contribution in [0.3, 0.4) is 0 Å². The van der Waals surface area contributed by atoms with E-state index in [1.165, 1.54) is 0 Å². The largest absolute Gasteiger partial charge is 0.298 e. The number of hydrogen-bond acceptors (Lipinski definition) is 2. The summed E-state index contributed by atoms with van der Waals surface area (Å²) in [6, 6.07) is 0. The van der Waals surface area contributed by atoms with Gasteiger partial charge in [0.05, 0.1) is 5.60 Å². The van der Waals surface area contributed by atoms with E-state index in [1.807, 2.05) is 13.8 Å². The van der Waals surface area contributed by atoms with E-state index in [4.69, 9.17) is 10.7 Å². The smallest absolute Gasteiger partial charge is 0.0863 e. The molecule has 0 aromatic heterocycles. The Morgan fingerprint density at radius 1 is 1.56 bits per heavy atom. The molecule has 9 heavy (non-hydrogen) atoms. The predicted octanol–water partition coefficient (Wildman–Crippen LogP) is 1.70. The van der Waals surface area contributed by atoms with Crippen molar-refractivity contribution in [2.75, 3.05) is 0 Å². The average Bonchev–Trinajstić information content (AvgIpc) is 1.86. The highest BCUT2D eigenvalue weighted by Gasteiger charge is 2.23. The first-order valence-electron chi connectivity index (χ1n) is 3.42. The van der Waals surface area contributed by atoms with Crippen LogP contribution in [0.5, 0.6) is 0 Å². The summed E-state index contributed by atoms with van der Waals surface area (Å²) in [6.07, 6.45) is 1.10. The highest BCUT2D eigenvalue weighted by molar-refractivity contribution is 4.73. The lowest BCUT2D eigenvalue weighted by Crippen LogP contribution is -2.35. The van der Waals surface area contributed by atoms with Gasteiger partial charge in [0, 0.05) is 0 Å². The van der Waals surface area contributed by atoms with Gasteiger partial charge in [0.15, 0.2) is 0 Å². The van der Waals surface area contributed by atoms with E-state index in [9.17, 15) is 0 Å². The molecule has 0 amide bonds. The molecular weight excluding hydrogens is 114 g/mol. The molecule has 2 heteroatoms. The van der Waals surface area contributed by atoms with Crippen LogP contribution in [0.15, 0.2) is 0 Å². The summed E-state index contributed by atoms with van der Waals surface area (Å²) in [5.74, 6) is 5.60. The fourth-order valence-electron chi connectivity index (χ4n) is 0.608. The van der Waals surface area contributed by atoms with Crippen molar-refractivity contribution in [2.45, 2.75) is 39.7 Å².